The second kappa shape index (κ2) is 11.9. The quantitative estimate of drug-likeness (QED) is 0.730. The maximum Gasteiger partial charge on any atom is 0.0104 e. The van der Waals surface area contributed by atoms with Crippen molar-refractivity contribution in [2.75, 3.05) is 60.4 Å². The molecule has 0 aromatic carbocycles. The summed E-state index contributed by atoms with van der Waals surface area (Å²) in [6.45, 7) is 11.3. The Kier molecular flexibility index (Phi) is 11.8. The molecule has 18 heavy (non-hydrogen) atoms. The predicted octanol–water partition coefficient (Wildman–Crippen LogP) is 0.848. The van der Waals surface area contributed by atoms with Gasteiger partial charge in [0, 0.05) is 32.2 Å². The first-order chi connectivity index (χ1) is 8.72. The zero-order valence-corrected chi connectivity index (χ0v) is 13.1. The molecule has 2 saturated heterocycles. The van der Waals surface area contributed by atoms with E-state index >= 15 is 0 Å². The number of piperazine rings is 1. The highest BCUT2D eigenvalue weighted by molar-refractivity contribution is 4.73. The van der Waals surface area contributed by atoms with Gasteiger partial charge >= 0.3 is 0 Å². The van der Waals surface area contributed by atoms with Gasteiger partial charge in [-0.15, -0.1) is 0 Å². The van der Waals surface area contributed by atoms with E-state index in [1.54, 1.807) is 0 Å². The van der Waals surface area contributed by atoms with Crippen LogP contribution in [0.3, 0.4) is 0 Å². The highest BCUT2D eigenvalue weighted by Crippen LogP contribution is 2.06. The fourth-order valence-electron chi connectivity index (χ4n) is 2.07. The topological polar surface area (TPSA) is 30.5 Å². The van der Waals surface area contributed by atoms with Crippen molar-refractivity contribution >= 4 is 0 Å². The lowest BCUT2D eigenvalue weighted by molar-refractivity contribution is 0.240. The molecule has 4 nitrogen and oxygen atoms in total. The summed E-state index contributed by atoms with van der Waals surface area (Å²) < 4.78 is 0. The van der Waals surface area contributed by atoms with Gasteiger partial charge in [-0.2, -0.15) is 0 Å². The second-order valence-electron chi connectivity index (χ2n) is 4.92. The Balaban J connectivity index is 0.000000289. The molecule has 0 atom stereocenters. The van der Waals surface area contributed by atoms with E-state index in [0.717, 1.165) is 19.1 Å². The summed E-state index contributed by atoms with van der Waals surface area (Å²) in [5.74, 6) is 0. The van der Waals surface area contributed by atoms with Crippen molar-refractivity contribution < 1.29 is 0 Å². The van der Waals surface area contributed by atoms with E-state index in [1.165, 1.54) is 39.0 Å². The number of hydrogen-bond acceptors (Lipinski definition) is 4. The van der Waals surface area contributed by atoms with Gasteiger partial charge < -0.3 is 20.4 Å². The van der Waals surface area contributed by atoms with E-state index in [1.807, 2.05) is 13.8 Å². The third-order valence-electron chi connectivity index (χ3n) is 3.47. The molecular weight excluding hydrogens is 224 g/mol. The fraction of sp³-hybridized carbons (Fsp3) is 1.00. The molecule has 0 saturated carbocycles. The Morgan fingerprint density at radius 1 is 0.889 bits per heavy atom. The molecule has 0 amide bonds. The zero-order valence-electron chi connectivity index (χ0n) is 13.1. The fourth-order valence-corrected chi connectivity index (χ4v) is 2.07. The number of piperidine rings is 1. The number of rotatable bonds is 1. The summed E-state index contributed by atoms with van der Waals surface area (Å²) in [5, 5.41) is 6.57. The molecule has 0 aliphatic carbocycles. The Morgan fingerprint density at radius 3 is 1.67 bits per heavy atom. The third kappa shape index (κ3) is 8.86. The van der Waals surface area contributed by atoms with Crippen LogP contribution in [0.1, 0.15) is 26.7 Å². The van der Waals surface area contributed by atoms with Crippen LogP contribution in [0.4, 0.5) is 0 Å². The highest BCUT2D eigenvalue weighted by Gasteiger charge is 2.13. The maximum atomic E-state index is 3.30. The molecule has 0 unspecified atom stereocenters. The maximum absolute atomic E-state index is 3.30. The SMILES string of the molecule is CC.CN1CCNCC1.CNC1CCN(C)CC1. The number of hydrogen-bond donors (Lipinski definition) is 2. The van der Waals surface area contributed by atoms with Gasteiger partial charge in [0.25, 0.3) is 0 Å². The van der Waals surface area contributed by atoms with Crippen LogP contribution in [0.2, 0.25) is 0 Å². The molecule has 2 heterocycles. The van der Waals surface area contributed by atoms with Crippen LogP contribution in [0.25, 0.3) is 0 Å². The molecule has 0 bridgehead atoms. The first kappa shape index (κ1) is 17.8. The number of likely N-dealkylation sites (tertiary alicyclic amines) is 1. The second-order valence-corrected chi connectivity index (χ2v) is 4.92. The van der Waals surface area contributed by atoms with Gasteiger partial charge in [-0.25, -0.2) is 0 Å². The van der Waals surface area contributed by atoms with E-state index in [9.17, 15) is 0 Å². The van der Waals surface area contributed by atoms with Crippen LogP contribution < -0.4 is 10.6 Å². The van der Waals surface area contributed by atoms with Gasteiger partial charge in [-0.05, 0) is 47.1 Å². The van der Waals surface area contributed by atoms with Crippen molar-refractivity contribution in [1.82, 2.24) is 20.4 Å². The molecule has 0 spiro atoms. The minimum Gasteiger partial charge on any atom is -0.317 e. The van der Waals surface area contributed by atoms with E-state index in [-0.39, 0.29) is 0 Å². The first-order valence-electron chi connectivity index (χ1n) is 7.47. The van der Waals surface area contributed by atoms with Crippen molar-refractivity contribution in [3.63, 3.8) is 0 Å². The van der Waals surface area contributed by atoms with Crippen molar-refractivity contribution in [3.05, 3.63) is 0 Å². The molecular formula is C14H34N4. The largest absolute Gasteiger partial charge is 0.317 e. The molecule has 2 aliphatic rings. The van der Waals surface area contributed by atoms with E-state index < -0.39 is 0 Å². The van der Waals surface area contributed by atoms with Crippen LogP contribution in [-0.2, 0) is 0 Å². The van der Waals surface area contributed by atoms with Gasteiger partial charge in [-0.1, -0.05) is 13.8 Å². The molecule has 0 radical (unpaired) electrons. The molecule has 0 aromatic rings. The van der Waals surface area contributed by atoms with Gasteiger partial charge in [0.2, 0.25) is 0 Å². The zero-order chi connectivity index (χ0) is 13.8. The molecule has 4 heteroatoms. The molecule has 2 fully saturated rings. The van der Waals surface area contributed by atoms with Crippen molar-refractivity contribution in [3.8, 4) is 0 Å². The lowest BCUT2D eigenvalue weighted by Crippen LogP contribution is -2.40. The van der Waals surface area contributed by atoms with E-state index in [0.29, 0.717) is 0 Å². The highest BCUT2D eigenvalue weighted by atomic mass is 15.2. The van der Waals surface area contributed by atoms with Gasteiger partial charge in [-0.3, -0.25) is 0 Å². The summed E-state index contributed by atoms with van der Waals surface area (Å²) in [7, 11) is 6.39. The van der Waals surface area contributed by atoms with E-state index in [2.05, 4.69) is 41.6 Å². The smallest absolute Gasteiger partial charge is 0.0104 e. The summed E-state index contributed by atoms with van der Waals surface area (Å²) >= 11 is 0. The van der Waals surface area contributed by atoms with Crippen LogP contribution in [-0.4, -0.2) is 76.3 Å². The normalized spacial score (nSPS) is 22.5. The van der Waals surface area contributed by atoms with Gasteiger partial charge in [0.15, 0.2) is 0 Å². The van der Waals surface area contributed by atoms with Crippen molar-refractivity contribution in [1.29, 1.82) is 0 Å². The monoisotopic (exact) mass is 258 g/mol. The van der Waals surface area contributed by atoms with Gasteiger partial charge in [0.1, 0.15) is 0 Å². The van der Waals surface area contributed by atoms with Gasteiger partial charge in [0.05, 0.1) is 0 Å². The molecule has 110 valence electrons. The minimum absolute atomic E-state index is 0.779. The van der Waals surface area contributed by atoms with Crippen LogP contribution in [0, 0.1) is 0 Å². The third-order valence-corrected chi connectivity index (χ3v) is 3.47. The van der Waals surface area contributed by atoms with Crippen LogP contribution in [0.5, 0.6) is 0 Å². The van der Waals surface area contributed by atoms with Crippen LogP contribution in [0.15, 0.2) is 0 Å². The summed E-state index contributed by atoms with van der Waals surface area (Å²) in [6, 6.07) is 0.779. The lowest BCUT2D eigenvalue weighted by Gasteiger charge is -2.28. The molecule has 2 rings (SSSR count). The summed E-state index contributed by atoms with van der Waals surface area (Å²) in [4.78, 5) is 4.71. The number of nitrogens with one attached hydrogen (secondary N) is 2. The first-order valence-corrected chi connectivity index (χ1v) is 7.47. The number of likely N-dealkylation sites (N-methyl/N-ethyl adjacent to an activating group) is 1. The Hall–Kier alpha value is -0.160. The number of nitrogens with zero attached hydrogens (tertiary/aromatic N) is 2. The van der Waals surface area contributed by atoms with Crippen molar-refractivity contribution in [2.24, 2.45) is 0 Å². The Morgan fingerprint density at radius 2 is 1.33 bits per heavy atom. The molecule has 0 aromatic heterocycles. The average molecular weight is 258 g/mol. The Bertz CT molecular complexity index is 161. The average Bonchev–Trinajstić information content (AvgIpc) is 2.43. The van der Waals surface area contributed by atoms with E-state index in [4.69, 9.17) is 0 Å². The Labute approximate surface area is 114 Å². The molecule has 2 aliphatic heterocycles. The standard InChI is InChI=1S/C7H16N2.C5H12N2.C2H6/c1-8-7-3-5-9(2)6-4-7;1-7-4-2-6-3-5-7;1-2/h7-8H,3-6H2,1-2H3;6H,2-5H2,1H3;1-2H3. The van der Waals surface area contributed by atoms with Crippen molar-refractivity contribution in [2.45, 2.75) is 32.7 Å². The lowest BCUT2D eigenvalue weighted by atomic mass is 10.1. The minimum atomic E-state index is 0.779. The predicted molar refractivity (Wildman–Crippen MR) is 81.3 cm³/mol. The summed E-state index contributed by atoms with van der Waals surface area (Å²) in [5.41, 5.74) is 0. The van der Waals surface area contributed by atoms with Crippen LogP contribution >= 0.6 is 0 Å². The molecule has 2 N–H and O–H groups in total. The summed E-state index contributed by atoms with van der Waals surface area (Å²) in [6.07, 6.45) is 2.62.